The van der Waals surface area contributed by atoms with Gasteiger partial charge in [0.05, 0.1) is 6.61 Å². The van der Waals surface area contributed by atoms with Gasteiger partial charge in [0.1, 0.15) is 11.8 Å². The Balaban J connectivity index is 2.57. The quantitative estimate of drug-likeness (QED) is 0.769. The number of aliphatic hydroxyl groups is 1. The molecule has 0 aliphatic carbocycles. The Morgan fingerprint density at radius 3 is 2.67 bits per heavy atom. The monoisotopic (exact) mass is 291 g/mol. The maximum Gasteiger partial charge on any atom is 0.321 e. The van der Waals surface area contributed by atoms with Crippen molar-refractivity contribution in [2.24, 2.45) is 0 Å². The highest BCUT2D eigenvalue weighted by molar-refractivity contribution is 5.89. The Kier molecular flexibility index (Phi) is 7.69. The molecule has 2 amide bonds. The molecule has 114 valence electrons. The molecule has 0 radical (unpaired) electrons. The predicted molar refractivity (Wildman–Crippen MR) is 80.1 cm³/mol. The van der Waals surface area contributed by atoms with Crippen LogP contribution in [0.3, 0.4) is 0 Å². The number of aliphatic hydroxyl groups excluding tert-OH is 1. The van der Waals surface area contributed by atoms with Crippen LogP contribution in [0.25, 0.3) is 0 Å². The molecule has 0 heterocycles. The lowest BCUT2D eigenvalue weighted by molar-refractivity contribution is 0.187. The number of unbranched alkanes of at least 4 members (excludes halogenated alkanes) is 1. The number of anilines is 1. The van der Waals surface area contributed by atoms with E-state index in [0.29, 0.717) is 24.5 Å². The standard InChI is InChI=1S/C15H21N3O3/c1-2-3-9-18(10-11-19)15(20)17-13-4-6-14(7-5-13)21-12-8-16/h4-7,19H,2-3,9-12H2,1H3,(H,17,20). The first kappa shape index (κ1) is 16.8. The van der Waals surface area contributed by atoms with Gasteiger partial charge in [-0.05, 0) is 30.7 Å². The van der Waals surface area contributed by atoms with Crippen molar-refractivity contribution in [2.75, 3.05) is 31.6 Å². The maximum atomic E-state index is 12.1. The number of hydrogen-bond acceptors (Lipinski definition) is 4. The molecule has 0 atom stereocenters. The largest absolute Gasteiger partial charge is 0.479 e. The van der Waals surface area contributed by atoms with Crippen LogP contribution in [-0.4, -0.2) is 42.3 Å². The molecule has 6 heteroatoms. The molecule has 0 bridgehead atoms. The Labute approximate surface area is 124 Å². The van der Waals surface area contributed by atoms with Gasteiger partial charge in [-0.3, -0.25) is 0 Å². The van der Waals surface area contributed by atoms with E-state index in [1.54, 1.807) is 29.2 Å². The van der Waals surface area contributed by atoms with Crippen LogP contribution in [0.1, 0.15) is 19.8 Å². The second-order valence-electron chi connectivity index (χ2n) is 4.47. The third-order valence-electron chi connectivity index (χ3n) is 2.85. The summed E-state index contributed by atoms with van der Waals surface area (Å²) in [5.41, 5.74) is 0.642. The summed E-state index contributed by atoms with van der Waals surface area (Å²) in [5, 5.41) is 20.2. The van der Waals surface area contributed by atoms with Crippen molar-refractivity contribution >= 4 is 11.7 Å². The van der Waals surface area contributed by atoms with E-state index < -0.39 is 0 Å². The van der Waals surface area contributed by atoms with Crippen LogP contribution in [-0.2, 0) is 0 Å². The lowest BCUT2D eigenvalue weighted by atomic mass is 10.3. The van der Waals surface area contributed by atoms with Crippen molar-refractivity contribution in [1.29, 1.82) is 5.26 Å². The van der Waals surface area contributed by atoms with Gasteiger partial charge in [-0.15, -0.1) is 0 Å². The molecule has 1 aromatic carbocycles. The highest BCUT2D eigenvalue weighted by Gasteiger charge is 2.12. The normalized spacial score (nSPS) is 9.76. The average Bonchev–Trinajstić information content (AvgIpc) is 2.50. The Morgan fingerprint density at radius 1 is 1.38 bits per heavy atom. The van der Waals surface area contributed by atoms with E-state index in [2.05, 4.69) is 12.2 Å². The molecule has 0 fully saturated rings. The van der Waals surface area contributed by atoms with Gasteiger partial charge in [0, 0.05) is 18.8 Å². The summed E-state index contributed by atoms with van der Waals surface area (Å²) < 4.78 is 5.14. The second-order valence-corrected chi connectivity index (χ2v) is 4.47. The van der Waals surface area contributed by atoms with Crippen LogP contribution < -0.4 is 10.1 Å². The van der Waals surface area contributed by atoms with E-state index in [0.717, 1.165) is 12.8 Å². The van der Waals surface area contributed by atoms with Gasteiger partial charge in [0.2, 0.25) is 0 Å². The first-order valence-electron chi connectivity index (χ1n) is 6.97. The number of amides is 2. The van der Waals surface area contributed by atoms with Gasteiger partial charge in [-0.2, -0.15) is 5.26 Å². The van der Waals surface area contributed by atoms with Crippen molar-refractivity contribution in [2.45, 2.75) is 19.8 Å². The van der Waals surface area contributed by atoms with Gasteiger partial charge in [0.25, 0.3) is 0 Å². The van der Waals surface area contributed by atoms with Crippen LogP contribution >= 0.6 is 0 Å². The summed E-state index contributed by atoms with van der Waals surface area (Å²) in [6.45, 7) is 2.92. The molecule has 2 N–H and O–H groups in total. The Hall–Kier alpha value is -2.26. The molecule has 6 nitrogen and oxygen atoms in total. The van der Waals surface area contributed by atoms with Gasteiger partial charge < -0.3 is 20.1 Å². The fourth-order valence-corrected chi connectivity index (χ4v) is 1.74. The number of carbonyl (C=O) groups excluding carboxylic acids is 1. The molecular formula is C15H21N3O3. The van der Waals surface area contributed by atoms with Crippen LogP contribution in [0, 0.1) is 11.3 Å². The number of hydrogen-bond donors (Lipinski definition) is 2. The summed E-state index contributed by atoms with van der Waals surface area (Å²) in [5.74, 6) is 0.577. The summed E-state index contributed by atoms with van der Waals surface area (Å²) in [6.07, 6.45) is 1.88. The fraction of sp³-hybridized carbons (Fsp3) is 0.467. The number of nitrogens with zero attached hydrogens (tertiary/aromatic N) is 2. The number of benzene rings is 1. The first-order valence-corrected chi connectivity index (χ1v) is 6.97. The van der Waals surface area contributed by atoms with Gasteiger partial charge in [-0.1, -0.05) is 13.3 Å². The van der Waals surface area contributed by atoms with E-state index in [1.807, 2.05) is 6.07 Å². The third kappa shape index (κ3) is 6.15. The highest BCUT2D eigenvalue weighted by atomic mass is 16.5. The predicted octanol–water partition coefficient (Wildman–Crippen LogP) is 2.22. The molecule has 0 unspecified atom stereocenters. The molecule has 0 saturated heterocycles. The van der Waals surface area contributed by atoms with Crippen LogP contribution in [0.2, 0.25) is 0 Å². The van der Waals surface area contributed by atoms with Crippen molar-refractivity contribution in [3.63, 3.8) is 0 Å². The average molecular weight is 291 g/mol. The summed E-state index contributed by atoms with van der Waals surface area (Å²) in [7, 11) is 0. The zero-order valence-electron chi connectivity index (χ0n) is 12.2. The minimum atomic E-state index is -0.233. The van der Waals surface area contributed by atoms with E-state index in [1.165, 1.54) is 0 Å². The van der Waals surface area contributed by atoms with Gasteiger partial charge >= 0.3 is 6.03 Å². The molecular weight excluding hydrogens is 270 g/mol. The smallest absolute Gasteiger partial charge is 0.321 e. The van der Waals surface area contributed by atoms with E-state index >= 15 is 0 Å². The van der Waals surface area contributed by atoms with Crippen molar-refractivity contribution in [3.8, 4) is 11.8 Å². The van der Waals surface area contributed by atoms with Crippen molar-refractivity contribution < 1.29 is 14.6 Å². The lowest BCUT2D eigenvalue weighted by Gasteiger charge is -2.22. The van der Waals surface area contributed by atoms with Crippen molar-refractivity contribution in [3.05, 3.63) is 24.3 Å². The minimum absolute atomic E-state index is 0.00694. The Morgan fingerprint density at radius 2 is 2.10 bits per heavy atom. The number of urea groups is 1. The van der Waals surface area contributed by atoms with E-state index in [-0.39, 0.29) is 19.2 Å². The van der Waals surface area contributed by atoms with Crippen LogP contribution in [0.15, 0.2) is 24.3 Å². The van der Waals surface area contributed by atoms with E-state index in [4.69, 9.17) is 15.1 Å². The van der Waals surface area contributed by atoms with Crippen molar-refractivity contribution in [1.82, 2.24) is 4.90 Å². The topological polar surface area (TPSA) is 85.6 Å². The molecule has 1 rings (SSSR count). The minimum Gasteiger partial charge on any atom is -0.479 e. The number of rotatable bonds is 8. The molecule has 0 aromatic heterocycles. The van der Waals surface area contributed by atoms with Gasteiger partial charge in [0.15, 0.2) is 6.61 Å². The molecule has 0 aliphatic heterocycles. The molecule has 0 saturated carbocycles. The maximum absolute atomic E-state index is 12.1. The second kappa shape index (κ2) is 9.61. The summed E-state index contributed by atoms with van der Waals surface area (Å²) in [6, 6.07) is 8.46. The fourth-order valence-electron chi connectivity index (χ4n) is 1.74. The SMILES string of the molecule is CCCCN(CCO)C(=O)Nc1ccc(OCC#N)cc1. The Bertz CT molecular complexity index is 468. The molecule has 0 spiro atoms. The summed E-state index contributed by atoms with van der Waals surface area (Å²) in [4.78, 5) is 13.7. The summed E-state index contributed by atoms with van der Waals surface area (Å²) >= 11 is 0. The van der Waals surface area contributed by atoms with E-state index in [9.17, 15) is 4.79 Å². The van der Waals surface area contributed by atoms with Gasteiger partial charge in [-0.25, -0.2) is 4.79 Å². The van der Waals surface area contributed by atoms with Crippen LogP contribution in [0.4, 0.5) is 10.5 Å². The number of nitrogens with one attached hydrogen (secondary N) is 1. The molecule has 1 aromatic rings. The number of carbonyl (C=O) groups is 1. The number of nitriles is 1. The highest BCUT2D eigenvalue weighted by Crippen LogP contribution is 2.16. The first-order chi connectivity index (χ1) is 10.2. The molecule has 21 heavy (non-hydrogen) atoms. The lowest BCUT2D eigenvalue weighted by Crippen LogP contribution is -2.37. The van der Waals surface area contributed by atoms with Crippen LogP contribution in [0.5, 0.6) is 5.75 Å². The molecule has 0 aliphatic rings. The number of ether oxygens (including phenoxy) is 1. The zero-order valence-corrected chi connectivity index (χ0v) is 12.2. The third-order valence-corrected chi connectivity index (χ3v) is 2.85. The zero-order chi connectivity index (χ0) is 15.5.